The van der Waals surface area contributed by atoms with E-state index in [4.69, 9.17) is 0 Å². The molecule has 0 bridgehead atoms. The summed E-state index contributed by atoms with van der Waals surface area (Å²) in [5.74, 6) is 0. The molecule has 1 heterocycles. The van der Waals surface area contributed by atoms with Gasteiger partial charge in [0.05, 0.1) is 6.20 Å². The number of nitrogens with zero attached hydrogens (tertiary/aromatic N) is 2. The Morgan fingerprint density at radius 3 is 2.63 bits per heavy atom. The van der Waals surface area contributed by atoms with Crippen LogP contribution in [0.5, 0.6) is 0 Å². The molecule has 0 spiro atoms. The molecular formula is C16H23N3. The Morgan fingerprint density at radius 1 is 1.26 bits per heavy atom. The molecule has 0 radical (unpaired) electrons. The molecule has 0 saturated carbocycles. The number of benzene rings is 1. The monoisotopic (exact) mass is 257 g/mol. The van der Waals surface area contributed by atoms with E-state index >= 15 is 0 Å². The summed E-state index contributed by atoms with van der Waals surface area (Å²) in [7, 11) is 1.96. The molecule has 0 amide bonds. The van der Waals surface area contributed by atoms with Crippen LogP contribution in [-0.2, 0) is 13.5 Å². The van der Waals surface area contributed by atoms with Crippen molar-refractivity contribution in [2.24, 2.45) is 7.05 Å². The van der Waals surface area contributed by atoms with Crippen LogP contribution < -0.4 is 5.32 Å². The van der Waals surface area contributed by atoms with Crippen LogP contribution in [0.4, 0.5) is 0 Å². The first-order chi connectivity index (χ1) is 9.15. The third-order valence-corrected chi connectivity index (χ3v) is 3.43. The fourth-order valence-electron chi connectivity index (χ4n) is 2.19. The molecule has 1 atom stereocenters. The van der Waals surface area contributed by atoms with Crippen LogP contribution in [0.2, 0.25) is 0 Å². The summed E-state index contributed by atoms with van der Waals surface area (Å²) in [6, 6.07) is 9.16. The zero-order valence-electron chi connectivity index (χ0n) is 12.1. The number of aromatic nitrogens is 2. The summed E-state index contributed by atoms with van der Waals surface area (Å²) in [4.78, 5) is 0. The fraction of sp³-hybridized carbons (Fsp3) is 0.438. The Kier molecular flexibility index (Phi) is 4.74. The Hall–Kier alpha value is -1.61. The highest BCUT2D eigenvalue weighted by Crippen LogP contribution is 2.13. The molecule has 0 aliphatic heterocycles. The predicted octanol–water partition coefficient (Wildman–Crippen LogP) is 3.01. The molecule has 1 N–H and O–H groups in total. The average Bonchev–Trinajstić information content (AvgIpc) is 2.81. The Labute approximate surface area is 115 Å². The van der Waals surface area contributed by atoms with Crippen molar-refractivity contribution in [3.05, 3.63) is 53.3 Å². The largest absolute Gasteiger partial charge is 0.310 e. The fourth-order valence-corrected chi connectivity index (χ4v) is 2.19. The Balaban J connectivity index is 1.72. The molecular weight excluding hydrogens is 234 g/mol. The summed E-state index contributed by atoms with van der Waals surface area (Å²) < 4.78 is 1.86. The normalized spacial score (nSPS) is 12.6. The third-order valence-electron chi connectivity index (χ3n) is 3.43. The molecule has 0 aliphatic carbocycles. The van der Waals surface area contributed by atoms with Gasteiger partial charge in [0, 0.05) is 19.3 Å². The maximum Gasteiger partial charge on any atom is 0.0521 e. The van der Waals surface area contributed by atoms with E-state index in [-0.39, 0.29) is 0 Å². The maximum absolute atomic E-state index is 4.18. The smallest absolute Gasteiger partial charge is 0.0521 e. The molecule has 3 heteroatoms. The third kappa shape index (κ3) is 4.21. The van der Waals surface area contributed by atoms with Gasteiger partial charge in [-0.15, -0.1) is 0 Å². The highest BCUT2D eigenvalue weighted by molar-refractivity contribution is 5.23. The van der Waals surface area contributed by atoms with Crippen molar-refractivity contribution < 1.29 is 0 Å². The van der Waals surface area contributed by atoms with Crippen molar-refractivity contribution in [3.8, 4) is 0 Å². The average molecular weight is 257 g/mol. The number of hydrogen-bond donors (Lipinski definition) is 1. The highest BCUT2D eigenvalue weighted by atomic mass is 15.2. The van der Waals surface area contributed by atoms with Crippen LogP contribution in [-0.4, -0.2) is 16.3 Å². The van der Waals surface area contributed by atoms with E-state index in [0.29, 0.717) is 6.04 Å². The number of rotatable bonds is 6. The van der Waals surface area contributed by atoms with Crippen LogP contribution >= 0.6 is 0 Å². The van der Waals surface area contributed by atoms with E-state index < -0.39 is 0 Å². The van der Waals surface area contributed by atoms with Gasteiger partial charge in [-0.05, 0) is 44.4 Å². The summed E-state index contributed by atoms with van der Waals surface area (Å²) in [6.07, 6.45) is 6.26. The Morgan fingerprint density at radius 2 is 2.00 bits per heavy atom. The summed E-state index contributed by atoms with van der Waals surface area (Å²) in [5, 5.41) is 7.75. The molecule has 1 unspecified atom stereocenters. The van der Waals surface area contributed by atoms with Crippen molar-refractivity contribution in [2.75, 3.05) is 6.54 Å². The van der Waals surface area contributed by atoms with Gasteiger partial charge in [0.15, 0.2) is 0 Å². The van der Waals surface area contributed by atoms with Gasteiger partial charge in [0.25, 0.3) is 0 Å². The molecule has 1 aromatic heterocycles. The number of aryl methyl sites for hydroxylation is 3. The molecule has 0 fully saturated rings. The van der Waals surface area contributed by atoms with Crippen LogP contribution in [0.25, 0.3) is 0 Å². The molecule has 2 rings (SSSR count). The Bertz CT molecular complexity index is 499. The van der Waals surface area contributed by atoms with Crippen molar-refractivity contribution in [1.82, 2.24) is 15.1 Å². The maximum atomic E-state index is 4.18. The van der Waals surface area contributed by atoms with Crippen LogP contribution in [0, 0.1) is 6.92 Å². The van der Waals surface area contributed by atoms with E-state index in [1.807, 2.05) is 17.9 Å². The lowest BCUT2D eigenvalue weighted by Gasteiger charge is -2.14. The topological polar surface area (TPSA) is 29.9 Å². The molecule has 2 aromatic rings. The van der Waals surface area contributed by atoms with Crippen molar-refractivity contribution >= 4 is 0 Å². The zero-order chi connectivity index (χ0) is 13.7. The summed E-state index contributed by atoms with van der Waals surface area (Å²) >= 11 is 0. The van der Waals surface area contributed by atoms with E-state index in [0.717, 1.165) is 19.4 Å². The minimum absolute atomic E-state index is 0.412. The molecule has 102 valence electrons. The van der Waals surface area contributed by atoms with Crippen molar-refractivity contribution in [2.45, 2.75) is 32.7 Å². The van der Waals surface area contributed by atoms with Gasteiger partial charge >= 0.3 is 0 Å². The molecule has 3 nitrogen and oxygen atoms in total. The van der Waals surface area contributed by atoms with E-state index in [9.17, 15) is 0 Å². The predicted molar refractivity (Wildman–Crippen MR) is 79.1 cm³/mol. The van der Waals surface area contributed by atoms with Gasteiger partial charge < -0.3 is 5.32 Å². The van der Waals surface area contributed by atoms with E-state index in [1.54, 1.807) is 0 Å². The second kappa shape index (κ2) is 6.53. The van der Waals surface area contributed by atoms with Gasteiger partial charge in [-0.2, -0.15) is 5.10 Å². The molecule has 1 aromatic carbocycles. The van der Waals surface area contributed by atoms with E-state index in [1.165, 1.54) is 16.7 Å². The number of nitrogens with one attached hydrogen (secondary N) is 1. The lowest BCUT2D eigenvalue weighted by molar-refractivity contribution is 0.558. The molecule has 0 saturated heterocycles. The SMILES string of the molecule is Cc1ccc(C(C)NCCCc2cnn(C)c2)cc1. The highest BCUT2D eigenvalue weighted by Gasteiger charge is 2.04. The van der Waals surface area contributed by atoms with E-state index in [2.05, 4.69) is 54.7 Å². The lowest BCUT2D eigenvalue weighted by atomic mass is 10.1. The van der Waals surface area contributed by atoms with Gasteiger partial charge in [-0.3, -0.25) is 4.68 Å². The van der Waals surface area contributed by atoms with Crippen LogP contribution in [0.3, 0.4) is 0 Å². The van der Waals surface area contributed by atoms with Crippen LogP contribution in [0.15, 0.2) is 36.7 Å². The van der Waals surface area contributed by atoms with Crippen molar-refractivity contribution in [3.63, 3.8) is 0 Å². The molecule has 19 heavy (non-hydrogen) atoms. The standard InChI is InChI=1S/C16H23N3/c1-13-6-8-16(9-7-13)14(2)17-10-4-5-15-11-18-19(3)12-15/h6-9,11-12,14,17H,4-5,10H2,1-3H3. The van der Waals surface area contributed by atoms with Gasteiger partial charge in [-0.25, -0.2) is 0 Å². The summed E-state index contributed by atoms with van der Waals surface area (Å²) in [5.41, 5.74) is 3.98. The van der Waals surface area contributed by atoms with Crippen LogP contribution in [0.1, 0.15) is 36.1 Å². The second-order valence-corrected chi connectivity index (χ2v) is 5.21. The second-order valence-electron chi connectivity index (χ2n) is 5.21. The first-order valence-corrected chi connectivity index (χ1v) is 6.92. The first-order valence-electron chi connectivity index (χ1n) is 6.92. The zero-order valence-corrected chi connectivity index (χ0v) is 12.1. The van der Waals surface area contributed by atoms with Gasteiger partial charge in [0.2, 0.25) is 0 Å². The minimum Gasteiger partial charge on any atom is -0.310 e. The number of hydrogen-bond acceptors (Lipinski definition) is 2. The summed E-state index contributed by atoms with van der Waals surface area (Å²) in [6.45, 7) is 5.37. The van der Waals surface area contributed by atoms with Gasteiger partial charge in [-0.1, -0.05) is 29.8 Å². The first kappa shape index (κ1) is 13.8. The lowest BCUT2D eigenvalue weighted by Crippen LogP contribution is -2.20. The molecule has 0 aliphatic rings. The quantitative estimate of drug-likeness (QED) is 0.806. The minimum atomic E-state index is 0.412. The van der Waals surface area contributed by atoms with Crippen molar-refractivity contribution in [1.29, 1.82) is 0 Å². The van der Waals surface area contributed by atoms with Gasteiger partial charge in [0.1, 0.15) is 0 Å².